The summed E-state index contributed by atoms with van der Waals surface area (Å²) in [5.74, 6) is 0.0972. The number of carbonyl (C=O) groups is 1. The number of halogens is 2. The molecule has 0 amide bonds. The fraction of sp³-hybridized carbons (Fsp3) is 0.462. The predicted molar refractivity (Wildman–Crippen MR) is 74.9 cm³/mol. The second-order valence-electron chi connectivity index (χ2n) is 4.60. The summed E-state index contributed by atoms with van der Waals surface area (Å²) in [7, 11) is 0. The van der Waals surface area contributed by atoms with Crippen LogP contribution in [0.25, 0.3) is 0 Å². The summed E-state index contributed by atoms with van der Waals surface area (Å²) in [5.41, 5.74) is 1.73. The molecule has 4 heteroatoms. The van der Waals surface area contributed by atoms with Gasteiger partial charge in [-0.15, -0.1) is 0 Å². The van der Waals surface area contributed by atoms with Crippen LogP contribution in [0.1, 0.15) is 22.9 Å². The number of epoxide rings is 1. The first-order valence-electron chi connectivity index (χ1n) is 5.47. The van der Waals surface area contributed by atoms with Gasteiger partial charge in [0, 0.05) is 0 Å². The Bertz CT molecular complexity index is 424. The van der Waals surface area contributed by atoms with E-state index in [2.05, 4.69) is 31.9 Å². The molecule has 0 aliphatic carbocycles. The molecule has 1 saturated heterocycles. The smallest absolute Gasteiger partial charge is 0.181 e. The van der Waals surface area contributed by atoms with E-state index in [0.717, 1.165) is 5.56 Å². The second kappa shape index (κ2) is 4.82. The molecule has 0 unspecified atom stereocenters. The van der Waals surface area contributed by atoms with Crippen LogP contribution in [0.4, 0.5) is 0 Å². The molecular formula is C13H14Br2O2. The fourth-order valence-electron chi connectivity index (χ4n) is 1.59. The van der Waals surface area contributed by atoms with E-state index < -0.39 is 5.60 Å². The average Bonchev–Trinajstić information content (AvgIpc) is 3.07. The lowest BCUT2D eigenvalue weighted by molar-refractivity contribution is -0.122. The molecule has 1 aliphatic heterocycles. The van der Waals surface area contributed by atoms with Crippen molar-refractivity contribution in [2.45, 2.75) is 29.1 Å². The quantitative estimate of drug-likeness (QED) is 0.606. The highest BCUT2D eigenvalue weighted by Gasteiger charge is 2.50. The van der Waals surface area contributed by atoms with Crippen molar-refractivity contribution in [2.24, 2.45) is 0 Å². The summed E-state index contributed by atoms with van der Waals surface area (Å²) in [5, 5.41) is 0. The van der Waals surface area contributed by atoms with Crippen LogP contribution in [-0.2, 0) is 9.53 Å². The maximum Gasteiger partial charge on any atom is 0.181 e. The highest BCUT2D eigenvalue weighted by molar-refractivity contribution is 9.12. The van der Waals surface area contributed by atoms with Crippen molar-refractivity contribution >= 4 is 37.6 Å². The minimum absolute atomic E-state index is 0.0309. The van der Waals surface area contributed by atoms with Crippen LogP contribution in [-0.4, -0.2) is 22.8 Å². The minimum Gasteiger partial charge on any atom is -0.362 e. The van der Waals surface area contributed by atoms with E-state index in [4.69, 9.17) is 4.74 Å². The van der Waals surface area contributed by atoms with Gasteiger partial charge >= 0.3 is 0 Å². The zero-order valence-corrected chi connectivity index (χ0v) is 12.9. The van der Waals surface area contributed by atoms with Gasteiger partial charge in [0.15, 0.2) is 5.78 Å². The van der Waals surface area contributed by atoms with Gasteiger partial charge < -0.3 is 4.74 Å². The topological polar surface area (TPSA) is 29.6 Å². The zero-order chi connectivity index (χ0) is 12.6. The van der Waals surface area contributed by atoms with E-state index in [1.165, 1.54) is 5.56 Å². The molecule has 2 rings (SSSR count). The first kappa shape index (κ1) is 13.2. The Kier molecular flexibility index (Phi) is 3.76. The number of alkyl halides is 2. The van der Waals surface area contributed by atoms with Gasteiger partial charge in [-0.2, -0.15) is 0 Å². The number of aryl methyl sites for hydroxylation is 1. The highest BCUT2D eigenvalue weighted by Crippen LogP contribution is 2.38. The summed E-state index contributed by atoms with van der Waals surface area (Å²) in [6.45, 7) is 4.41. The van der Waals surface area contributed by atoms with Gasteiger partial charge in [0.1, 0.15) is 5.60 Å². The summed E-state index contributed by atoms with van der Waals surface area (Å²) in [4.78, 5) is 11.8. The Morgan fingerprint density at radius 2 is 1.88 bits per heavy atom. The molecule has 2 nitrogen and oxygen atoms in total. The van der Waals surface area contributed by atoms with Gasteiger partial charge in [0.2, 0.25) is 0 Å². The molecule has 3 atom stereocenters. The summed E-state index contributed by atoms with van der Waals surface area (Å²) < 4.78 is 5.18. The van der Waals surface area contributed by atoms with Crippen molar-refractivity contribution in [1.29, 1.82) is 0 Å². The van der Waals surface area contributed by atoms with Crippen molar-refractivity contribution in [3.63, 3.8) is 0 Å². The maximum atomic E-state index is 12.1. The number of hydrogen-bond acceptors (Lipinski definition) is 2. The van der Waals surface area contributed by atoms with Gasteiger partial charge in [-0.25, -0.2) is 0 Å². The third-order valence-corrected chi connectivity index (χ3v) is 5.71. The molecular weight excluding hydrogens is 348 g/mol. The summed E-state index contributed by atoms with van der Waals surface area (Å²) >= 11 is 7.04. The molecule has 0 bridgehead atoms. The monoisotopic (exact) mass is 360 g/mol. The number of ketones is 1. The number of benzene rings is 1. The van der Waals surface area contributed by atoms with Gasteiger partial charge in [-0.05, 0) is 19.4 Å². The molecule has 0 N–H and O–H groups in total. The number of rotatable bonds is 4. The molecule has 1 aromatic carbocycles. The molecule has 0 spiro atoms. The van der Waals surface area contributed by atoms with Crippen molar-refractivity contribution in [1.82, 2.24) is 0 Å². The van der Waals surface area contributed by atoms with Crippen LogP contribution in [0.15, 0.2) is 24.3 Å². The van der Waals surface area contributed by atoms with E-state index in [1.807, 2.05) is 38.1 Å². The Morgan fingerprint density at radius 3 is 2.35 bits per heavy atom. The molecule has 1 heterocycles. The number of carbonyl (C=O) groups excluding carboxylic acids is 1. The molecule has 0 radical (unpaired) electrons. The molecule has 0 aromatic heterocycles. The second-order valence-corrected chi connectivity index (χ2v) is 6.57. The maximum absolute atomic E-state index is 12.1. The van der Waals surface area contributed by atoms with Gasteiger partial charge in [-0.1, -0.05) is 61.7 Å². The van der Waals surface area contributed by atoms with Crippen molar-refractivity contribution < 1.29 is 9.53 Å². The summed E-state index contributed by atoms with van der Waals surface area (Å²) in [6.07, 6.45) is 0. The fourth-order valence-corrected chi connectivity index (χ4v) is 2.93. The van der Waals surface area contributed by atoms with Crippen LogP contribution in [0.5, 0.6) is 0 Å². The highest BCUT2D eigenvalue weighted by atomic mass is 79.9. The van der Waals surface area contributed by atoms with Gasteiger partial charge in [0.25, 0.3) is 0 Å². The summed E-state index contributed by atoms with van der Waals surface area (Å²) in [6, 6.07) is 8.16. The molecule has 1 aliphatic rings. The normalized spacial score (nSPS) is 26.4. The lowest BCUT2D eigenvalue weighted by Gasteiger charge is -2.18. The van der Waals surface area contributed by atoms with Crippen molar-refractivity contribution in [3.8, 4) is 0 Å². The van der Waals surface area contributed by atoms with E-state index in [0.29, 0.717) is 6.61 Å². The largest absolute Gasteiger partial charge is 0.362 e. The van der Waals surface area contributed by atoms with Crippen LogP contribution < -0.4 is 0 Å². The SMILES string of the molecule is Cc1ccc([C@@H](Br)[C@@H](Br)C(=O)[C@@]2(C)CO2)cc1. The third-order valence-electron chi connectivity index (χ3n) is 3.00. The Morgan fingerprint density at radius 1 is 1.35 bits per heavy atom. The lowest BCUT2D eigenvalue weighted by atomic mass is 9.99. The Labute approximate surface area is 118 Å². The molecule has 17 heavy (non-hydrogen) atoms. The minimum atomic E-state index is -0.578. The van der Waals surface area contributed by atoms with Gasteiger partial charge in [0.05, 0.1) is 16.3 Å². The zero-order valence-electron chi connectivity index (χ0n) is 9.74. The van der Waals surface area contributed by atoms with Crippen LogP contribution >= 0.6 is 31.9 Å². The number of hydrogen-bond donors (Lipinski definition) is 0. The Balaban J connectivity index is 2.11. The average molecular weight is 362 g/mol. The molecule has 0 saturated carbocycles. The number of ether oxygens (including phenoxy) is 1. The van der Waals surface area contributed by atoms with E-state index in [9.17, 15) is 4.79 Å². The number of Topliss-reactive ketones (excluding diaryl/α,β-unsaturated/α-hetero) is 1. The van der Waals surface area contributed by atoms with Crippen LogP contribution in [0, 0.1) is 6.92 Å². The Hall–Kier alpha value is -0.190. The van der Waals surface area contributed by atoms with E-state index in [1.54, 1.807) is 0 Å². The van der Waals surface area contributed by atoms with Crippen LogP contribution in [0.3, 0.4) is 0 Å². The van der Waals surface area contributed by atoms with E-state index >= 15 is 0 Å². The van der Waals surface area contributed by atoms with Crippen LogP contribution in [0.2, 0.25) is 0 Å². The first-order chi connectivity index (χ1) is 7.94. The lowest BCUT2D eigenvalue weighted by Crippen LogP contribution is -2.31. The molecule has 1 aromatic rings. The third kappa shape index (κ3) is 2.80. The molecule has 92 valence electrons. The van der Waals surface area contributed by atoms with Crippen molar-refractivity contribution in [2.75, 3.05) is 6.61 Å². The first-order valence-corrected chi connectivity index (χ1v) is 7.30. The standard InChI is InChI=1S/C13H14Br2O2/c1-8-3-5-9(6-4-8)10(14)11(15)12(16)13(2)7-17-13/h3-6,10-11H,7H2,1-2H3/t10-,11-,13-/m1/s1. The molecule has 1 fully saturated rings. The van der Waals surface area contributed by atoms with Gasteiger partial charge in [-0.3, -0.25) is 4.79 Å². The predicted octanol–water partition coefficient (Wildman–Crippen LogP) is 3.55. The van der Waals surface area contributed by atoms with Crippen molar-refractivity contribution in [3.05, 3.63) is 35.4 Å². The van der Waals surface area contributed by atoms with E-state index in [-0.39, 0.29) is 15.4 Å².